The first-order chi connectivity index (χ1) is 12.5. The lowest BCUT2D eigenvalue weighted by molar-refractivity contribution is 0.114. The second-order valence-electron chi connectivity index (χ2n) is 9.37. The van der Waals surface area contributed by atoms with Gasteiger partial charge < -0.3 is 9.80 Å². The SMILES string of the molecule is CC(C)(C)CN1CCC2(CC1)CCN(c1ccccc1)c1ccccc12. The molecule has 0 unspecified atom stereocenters. The number of fused-ring (bicyclic) bond motifs is 2. The fourth-order valence-electron chi connectivity index (χ4n) is 4.94. The first-order valence-corrected chi connectivity index (χ1v) is 10.1. The van der Waals surface area contributed by atoms with Gasteiger partial charge in [-0.25, -0.2) is 0 Å². The van der Waals surface area contributed by atoms with Gasteiger partial charge in [-0.1, -0.05) is 57.2 Å². The molecule has 1 fully saturated rings. The average Bonchev–Trinajstić information content (AvgIpc) is 2.64. The van der Waals surface area contributed by atoms with E-state index >= 15 is 0 Å². The minimum Gasteiger partial charge on any atom is -0.341 e. The lowest BCUT2D eigenvalue weighted by Gasteiger charge is -2.49. The molecule has 0 amide bonds. The lowest BCUT2D eigenvalue weighted by Crippen LogP contribution is -2.48. The molecule has 0 atom stereocenters. The number of nitrogens with zero attached hydrogens (tertiary/aromatic N) is 2. The topological polar surface area (TPSA) is 6.48 Å². The third kappa shape index (κ3) is 3.40. The van der Waals surface area contributed by atoms with E-state index in [9.17, 15) is 0 Å². The molecular formula is C24H32N2. The van der Waals surface area contributed by atoms with Gasteiger partial charge in [0.15, 0.2) is 0 Å². The number of piperidine rings is 1. The summed E-state index contributed by atoms with van der Waals surface area (Å²) in [7, 11) is 0. The van der Waals surface area contributed by atoms with Crippen LogP contribution >= 0.6 is 0 Å². The van der Waals surface area contributed by atoms with E-state index in [2.05, 4.69) is 85.2 Å². The van der Waals surface area contributed by atoms with Crippen molar-refractivity contribution in [3.05, 3.63) is 60.2 Å². The Morgan fingerprint density at radius 1 is 0.808 bits per heavy atom. The predicted molar refractivity (Wildman–Crippen MR) is 111 cm³/mol. The first kappa shape index (κ1) is 17.6. The molecule has 138 valence electrons. The van der Waals surface area contributed by atoms with Crippen LogP contribution in [0.3, 0.4) is 0 Å². The summed E-state index contributed by atoms with van der Waals surface area (Å²) in [5.41, 5.74) is 5.08. The van der Waals surface area contributed by atoms with E-state index in [0.29, 0.717) is 10.8 Å². The van der Waals surface area contributed by atoms with Crippen molar-refractivity contribution in [2.24, 2.45) is 5.41 Å². The van der Waals surface area contributed by atoms with Gasteiger partial charge in [-0.15, -0.1) is 0 Å². The summed E-state index contributed by atoms with van der Waals surface area (Å²) in [6.07, 6.45) is 3.85. The fourth-order valence-corrected chi connectivity index (χ4v) is 4.94. The third-order valence-corrected chi connectivity index (χ3v) is 6.16. The molecule has 0 radical (unpaired) electrons. The van der Waals surface area contributed by atoms with Gasteiger partial charge in [0, 0.05) is 29.9 Å². The van der Waals surface area contributed by atoms with E-state index < -0.39 is 0 Å². The van der Waals surface area contributed by atoms with Crippen LogP contribution in [-0.4, -0.2) is 31.1 Å². The molecule has 2 aliphatic rings. The smallest absolute Gasteiger partial charge is 0.0449 e. The molecule has 0 bridgehead atoms. The molecule has 0 saturated carbocycles. The number of anilines is 2. The lowest BCUT2D eigenvalue weighted by atomic mass is 9.67. The zero-order valence-electron chi connectivity index (χ0n) is 16.5. The van der Waals surface area contributed by atoms with Crippen LogP contribution in [0.4, 0.5) is 11.4 Å². The van der Waals surface area contributed by atoms with Crippen LogP contribution in [0.1, 0.15) is 45.6 Å². The summed E-state index contributed by atoms with van der Waals surface area (Å²) in [6.45, 7) is 11.9. The van der Waals surface area contributed by atoms with Crippen molar-refractivity contribution in [3.63, 3.8) is 0 Å². The van der Waals surface area contributed by atoms with E-state index in [1.165, 1.54) is 50.3 Å². The van der Waals surface area contributed by atoms with E-state index in [1.807, 2.05) is 0 Å². The van der Waals surface area contributed by atoms with Gasteiger partial charge in [0.1, 0.15) is 0 Å². The molecule has 2 aromatic carbocycles. The first-order valence-electron chi connectivity index (χ1n) is 10.1. The highest BCUT2D eigenvalue weighted by Crippen LogP contribution is 2.48. The second-order valence-corrected chi connectivity index (χ2v) is 9.37. The average molecular weight is 349 g/mol. The van der Waals surface area contributed by atoms with E-state index in [0.717, 1.165) is 6.54 Å². The molecule has 2 heteroatoms. The van der Waals surface area contributed by atoms with Crippen LogP contribution in [0.15, 0.2) is 54.6 Å². The quantitative estimate of drug-likeness (QED) is 0.696. The molecule has 1 spiro atoms. The summed E-state index contributed by atoms with van der Waals surface area (Å²) in [5.74, 6) is 0. The summed E-state index contributed by atoms with van der Waals surface area (Å²) in [5, 5.41) is 0. The van der Waals surface area contributed by atoms with Crippen molar-refractivity contribution < 1.29 is 0 Å². The zero-order chi connectivity index (χ0) is 18.2. The Balaban J connectivity index is 1.60. The molecule has 2 aliphatic heterocycles. The number of benzene rings is 2. The minimum atomic E-state index is 0.371. The molecule has 0 N–H and O–H groups in total. The van der Waals surface area contributed by atoms with Crippen molar-refractivity contribution in [1.82, 2.24) is 4.90 Å². The number of likely N-dealkylation sites (tertiary alicyclic amines) is 1. The Hall–Kier alpha value is -1.80. The Bertz CT molecular complexity index is 736. The molecule has 0 aromatic heterocycles. The normalized spacial score (nSPS) is 20.2. The summed E-state index contributed by atoms with van der Waals surface area (Å²) >= 11 is 0. The van der Waals surface area contributed by atoms with Crippen molar-refractivity contribution in [1.29, 1.82) is 0 Å². The largest absolute Gasteiger partial charge is 0.341 e. The van der Waals surface area contributed by atoms with Crippen LogP contribution in [-0.2, 0) is 5.41 Å². The Labute approximate surface area is 158 Å². The van der Waals surface area contributed by atoms with Crippen LogP contribution < -0.4 is 4.90 Å². The van der Waals surface area contributed by atoms with Crippen molar-refractivity contribution in [2.45, 2.75) is 45.4 Å². The highest BCUT2D eigenvalue weighted by atomic mass is 15.2. The zero-order valence-corrected chi connectivity index (χ0v) is 16.5. The Kier molecular flexibility index (Phi) is 4.56. The van der Waals surface area contributed by atoms with Gasteiger partial charge in [0.2, 0.25) is 0 Å². The number of para-hydroxylation sites is 2. The monoisotopic (exact) mass is 348 g/mol. The van der Waals surface area contributed by atoms with E-state index in [-0.39, 0.29) is 0 Å². The third-order valence-electron chi connectivity index (χ3n) is 6.16. The summed E-state index contributed by atoms with van der Waals surface area (Å²) in [6, 6.07) is 20.0. The van der Waals surface area contributed by atoms with Crippen LogP contribution in [0.5, 0.6) is 0 Å². The van der Waals surface area contributed by atoms with Crippen LogP contribution in [0, 0.1) is 5.41 Å². The van der Waals surface area contributed by atoms with Gasteiger partial charge in [0.05, 0.1) is 0 Å². The molecule has 2 nitrogen and oxygen atoms in total. The molecule has 2 heterocycles. The van der Waals surface area contributed by atoms with Gasteiger partial charge in [-0.3, -0.25) is 0 Å². The van der Waals surface area contributed by atoms with E-state index in [1.54, 1.807) is 5.56 Å². The summed E-state index contributed by atoms with van der Waals surface area (Å²) in [4.78, 5) is 5.19. The van der Waals surface area contributed by atoms with Crippen LogP contribution in [0.2, 0.25) is 0 Å². The highest BCUT2D eigenvalue weighted by molar-refractivity contribution is 5.69. The summed E-state index contributed by atoms with van der Waals surface area (Å²) < 4.78 is 0. The molecule has 2 aromatic rings. The Morgan fingerprint density at radius 3 is 2.12 bits per heavy atom. The molecule has 1 saturated heterocycles. The molecule has 0 aliphatic carbocycles. The van der Waals surface area contributed by atoms with Crippen LogP contribution in [0.25, 0.3) is 0 Å². The van der Waals surface area contributed by atoms with Gasteiger partial charge >= 0.3 is 0 Å². The van der Waals surface area contributed by atoms with Crippen molar-refractivity contribution in [3.8, 4) is 0 Å². The highest BCUT2D eigenvalue weighted by Gasteiger charge is 2.41. The number of hydrogen-bond donors (Lipinski definition) is 0. The molecular weight excluding hydrogens is 316 g/mol. The van der Waals surface area contributed by atoms with Gasteiger partial charge in [0.25, 0.3) is 0 Å². The van der Waals surface area contributed by atoms with E-state index in [4.69, 9.17) is 0 Å². The second kappa shape index (κ2) is 6.74. The predicted octanol–water partition coefficient (Wildman–Crippen LogP) is 5.61. The maximum Gasteiger partial charge on any atom is 0.0449 e. The standard InChI is InChI=1S/C24H32N2/c1-23(2,3)19-25-16-13-24(14-17-25)15-18-26(20-9-5-4-6-10-20)22-12-8-7-11-21(22)24/h4-12H,13-19H2,1-3H3. The maximum absolute atomic E-state index is 2.68. The van der Waals surface area contributed by atoms with Gasteiger partial charge in [-0.2, -0.15) is 0 Å². The van der Waals surface area contributed by atoms with Crippen molar-refractivity contribution >= 4 is 11.4 Å². The fraction of sp³-hybridized carbons (Fsp3) is 0.500. The minimum absolute atomic E-state index is 0.371. The molecule has 26 heavy (non-hydrogen) atoms. The number of rotatable bonds is 2. The van der Waals surface area contributed by atoms with Crippen molar-refractivity contribution in [2.75, 3.05) is 31.1 Å². The maximum atomic E-state index is 2.68. The van der Waals surface area contributed by atoms with Gasteiger partial charge in [-0.05, 0) is 61.5 Å². The number of hydrogen-bond acceptors (Lipinski definition) is 2. The molecule has 4 rings (SSSR count). The Morgan fingerprint density at radius 2 is 1.42 bits per heavy atom.